The Morgan fingerprint density at radius 3 is 3.20 bits per heavy atom. The van der Waals surface area contributed by atoms with Gasteiger partial charge in [-0.3, -0.25) is 4.99 Å². The average molecular weight is 202 g/mol. The Morgan fingerprint density at radius 2 is 2.40 bits per heavy atom. The van der Waals surface area contributed by atoms with Crippen molar-refractivity contribution < 1.29 is 4.52 Å². The lowest BCUT2D eigenvalue weighted by atomic mass is 10.2. The highest BCUT2D eigenvalue weighted by molar-refractivity contribution is 5.55. The molecule has 2 aromatic rings. The van der Waals surface area contributed by atoms with Crippen LogP contribution in [0.3, 0.4) is 0 Å². The highest BCUT2D eigenvalue weighted by Gasteiger charge is 2.11. The van der Waals surface area contributed by atoms with Crippen LogP contribution in [-0.2, 0) is 0 Å². The molecule has 0 radical (unpaired) electrons. The molecule has 0 bridgehead atoms. The van der Waals surface area contributed by atoms with Crippen molar-refractivity contribution in [1.29, 1.82) is 0 Å². The SMILES string of the molecule is Cc1noc(-c2c[nH]c3c2=CCCN=3)n1. The third-order valence-corrected chi connectivity index (χ3v) is 2.40. The highest BCUT2D eigenvalue weighted by Crippen LogP contribution is 2.10. The summed E-state index contributed by atoms with van der Waals surface area (Å²) in [6, 6.07) is 0. The van der Waals surface area contributed by atoms with E-state index in [1.165, 1.54) is 0 Å². The van der Waals surface area contributed by atoms with E-state index in [2.05, 4.69) is 26.2 Å². The second kappa shape index (κ2) is 3.05. The molecule has 0 amide bonds. The third-order valence-electron chi connectivity index (χ3n) is 2.40. The molecule has 0 fully saturated rings. The fourth-order valence-electron chi connectivity index (χ4n) is 1.73. The molecular weight excluding hydrogens is 192 g/mol. The molecule has 15 heavy (non-hydrogen) atoms. The molecule has 5 nitrogen and oxygen atoms in total. The minimum Gasteiger partial charge on any atom is -0.346 e. The van der Waals surface area contributed by atoms with Crippen LogP contribution in [0.2, 0.25) is 0 Å². The molecular formula is C10H10N4O. The first-order valence-corrected chi connectivity index (χ1v) is 4.87. The predicted molar refractivity (Wildman–Crippen MR) is 53.6 cm³/mol. The van der Waals surface area contributed by atoms with E-state index in [0.717, 1.165) is 29.2 Å². The maximum absolute atomic E-state index is 5.13. The van der Waals surface area contributed by atoms with Crippen molar-refractivity contribution in [2.45, 2.75) is 13.3 Å². The van der Waals surface area contributed by atoms with Crippen molar-refractivity contribution in [3.05, 3.63) is 22.7 Å². The third kappa shape index (κ3) is 1.27. The normalized spacial score (nSPS) is 14.2. The smallest absolute Gasteiger partial charge is 0.260 e. The number of hydrogen-bond donors (Lipinski definition) is 1. The Kier molecular flexibility index (Phi) is 1.71. The lowest BCUT2D eigenvalue weighted by Gasteiger charge is -1.94. The first-order valence-electron chi connectivity index (χ1n) is 4.87. The minimum atomic E-state index is 0.554. The molecule has 0 aliphatic carbocycles. The van der Waals surface area contributed by atoms with Crippen LogP contribution >= 0.6 is 0 Å². The quantitative estimate of drug-likeness (QED) is 0.717. The summed E-state index contributed by atoms with van der Waals surface area (Å²) in [6.07, 6.45) is 4.97. The van der Waals surface area contributed by atoms with E-state index in [0.29, 0.717) is 11.7 Å². The van der Waals surface area contributed by atoms with Gasteiger partial charge in [0.15, 0.2) is 5.82 Å². The van der Waals surface area contributed by atoms with Crippen LogP contribution < -0.4 is 10.7 Å². The van der Waals surface area contributed by atoms with Gasteiger partial charge in [-0.05, 0) is 13.3 Å². The van der Waals surface area contributed by atoms with Gasteiger partial charge in [-0.15, -0.1) is 0 Å². The van der Waals surface area contributed by atoms with Gasteiger partial charge in [0.05, 0.1) is 5.56 Å². The monoisotopic (exact) mass is 202 g/mol. The Morgan fingerprint density at radius 1 is 1.47 bits per heavy atom. The van der Waals surface area contributed by atoms with E-state index in [9.17, 15) is 0 Å². The van der Waals surface area contributed by atoms with Gasteiger partial charge in [-0.1, -0.05) is 11.2 Å². The maximum atomic E-state index is 5.13. The van der Waals surface area contributed by atoms with Crippen LogP contribution in [0.5, 0.6) is 0 Å². The van der Waals surface area contributed by atoms with Gasteiger partial charge in [0.25, 0.3) is 5.89 Å². The summed E-state index contributed by atoms with van der Waals surface area (Å²) in [5.41, 5.74) is 1.85. The largest absolute Gasteiger partial charge is 0.346 e. The van der Waals surface area contributed by atoms with Gasteiger partial charge < -0.3 is 9.51 Å². The number of aromatic nitrogens is 3. The maximum Gasteiger partial charge on any atom is 0.260 e. The Bertz CT molecular complexity index is 608. The number of aryl methyl sites for hydroxylation is 1. The second-order valence-corrected chi connectivity index (χ2v) is 3.49. The molecule has 0 spiro atoms. The van der Waals surface area contributed by atoms with E-state index < -0.39 is 0 Å². The summed E-state index contributed by atoms with van der Waals surface area (Å²) >= 11 is 0. The van der Waals surface area contributed by atoms with E-state index >= 15 is 0 Å². The Labute approximate surface area is 85.5 Å². The number of aromatic amines is 1. The zero-order chi connectivity index (χ0) is 10.3. The lowest BCUT2D eigenvalue weighted by molar-refractivity contribution is 0.425. The predicted octanol–water partition coefficient (Wildman–Crippen LogP) is 0.177. The number of rotatable bonds is 1. The van der Waals surface area contributed by atoms with Crippen molar-refractivity contribution in [3.63, 3.8) is 0 Å². The molecule has 76 valence electrons. The molecule has 3 rings (SSSR count). The van der Waals surface area contributed by atoms with E-state index in [1.54, 1.807) is 6.92 Å². The van der Waals surface area contributed by atoms with Gasteiger partial charge in [-0.2, -0.15) is 4.98 Å². The van der Waals surface area contributed by atoms with E-state index in [4.69, 9.17) is 4.52 Å². The molecule has 0 unspecified atom stereocenters. The molecule has 0 saturated carbocycles. The van der Waals surface area contributed by atoms with Crippen LogP contribution in [0.1, 0.15) is 12.2 Å². The lowest BCUT2D eigenvalue weighted by Crippen LogP contribution is -2.27. The fourth-order valence-corrected chi connectivity index (χ4v) is 1.73. The first kappa shape index (κ1) is 8.40. The van der Waals surface area contributed by atoms with E-state index in [-0.39, 0.29) is 0 Å². The van der Waals surface area contributed by atoms with Crippen molar-refractivity contribution in [2.75, 3.05) is 6.54 Å². The summed E-state index contributed by atoms with van der Waals surface area (Å²) in [5, 5.41) is 4.85. The van der Waals surface area contributed by atoms with Crippen LogP contribution in [0.4, 0.5) is 0 Å². The minimum absolute atomic E-state index is 0.554. The molecule has 2 aromatic heterocycles. The van der Waals surface area contributed by atoms with Crippen molar-refractivity contribution in [3.8, 4) is 11.5 Å². The fraction of sp³-hybridized carbons (Fsp3) is 0.300. The standard InChI is InChI=1S/C10H10N4O/c1-6-13-10(15-14-6)8-5-12-9-7(8)3-2-4-11-9/h3,5H,2,4H2,1H3,(H,11,12). The zero-order valence-electron chi connectivity index (χ0n) is 8.32. The Balaban J connectivity index is 2.26. The van der Waals surface area contributed by atoms with Crippen LogP contribution in [0.25, 0.3) is 17.5 Å². The van der Waals surface area contributed by atoms with Gasteiger partial charge in [0, 0.05) is 18.0 Å². The number of nitrogens with one attached hydrogen (secondary N) is 1. The molecule has 3 heterocycles. The summed E-state index contributed by atoms with van der Waals surface area (Å²) in [4.78, 5) is 11.7. The van der Waals surface area contributed by atoms with Crippen LogP contribution in [0, 0.1) is 6.92 Å². The number of H-pyrrole nitrogens is 1. The number of hydrogen-bond acceptors (Lipinski definition) is 4. The van der Waals surface area contributed by atoms with Crippen molar-refractivity contribution in [2.24, 2.45) is 4.99 Å². The molecule has 0 aromatic carbocycles. The molecule has 5 heteroatoms. The molecule has 0 saturated heterocycles. The summed E-state index contributed by atoms with van der Waals surface area (Å²) in [5.74, 6) is 1.20. The van der Waals surface area contributed by atoms with Crippen molar-refractivity contribution >= 4 is 6.08 Å². The Hall–Kier alpha value is -1.91. The second-order valence-electron chi connectivity index (χ2n) is 3.49. The van der Waals surface area contributed by atoms with Crippen LogP contribution in [0.15, 0.2) is 15.7 Å². The number of nitrogens with zero attached hydrogens (tertiary/aromatic N) is 3. The number of fused-ring (bicyclic) bond motifs is 1. The van der Waals surface area contributed by atoms with E-state index in [1.807, 2.05) is 6.20 Å². The van der Waals surface area contributed by atoms with Crippen LogP contribution in [-0.4, -0.2) is 21.7 Å². The van der Waals surface area contributed by atoms with Gasteiger partial charge in [0.1, 0.15) is 5.49 Å². The van der Waals surface area contributed by atoms with Gasteiger partial charge in [-0.25, -0.2) is 0 Å². The average Bonchev–Trinajstić information content (AvgIpc) is 2.83. The molecule has 0 atom stereocenters. The van der Waals surface area contributed by atoms with Gasteiger partial charge >= 0.3 is 0 Å². The molecule has 1 N–H and O–H groups in total. The zero-order valence-corrected chi connectivity index (χ0v) is 8.32. The topological polar surface area (TPSA) is 67.1 Å². The summed E-state index contributed by atoms with van der Waals surface area (Å²) < 4.78 is 5.13. The van der Waals surface area contributed by atoms with Gasteiger partial charge in [0.2, 0.25) is 0 Å². The summed E-state index contributed by atoms with van der Waals surface area (Å²) in [7, 11) is 0. The van der Waals surface area contributed by atoms with Crippen molar-refractivity contribution in [1.82, 2.24) is 15.1 Å². The molecule has 1 aliphatic rings. The molecule has 1 aliphatic heterocycles. The highest BCUT2D eigenvalue weighted by atomic mass is 16.5. The summed E-state index contributed by atoms with van der Waals surface area (Å²) in [6.45, 7) is 2.65. The first-order chi connectivity index (χ1) is 7.34.